The van der Waals surface area contributed by atoms with Crippen LogP contribution in [-0.4, -0.2) is 22.7 Å². The molecule has 0 aliphatic heterocycles. The molecule has 0 amide bonds. The summed E-state index contributed by atoms with van der Waals surface area (Å²) in [5, 5.41) is 4.98. The van der Waals surface area contributed by atoms with Crippen molar-refractivity contribution in [2.45, 2.75) is 39.7 Å². The molecule has 2 aromatic carbocycles. The Morgan fingerprint density at radius 1 is 1.17 bits per heavy atom. The van der Waals surface area contributed by atoms with Crippen molar-refractivity contribution in [3.05, 3.63) is 81.4 Å². The number of hydrogen-bond acceptors (Lipinski definition) is 3. The minimum Gasteiger partial charge on any atom is -0.496 e. The van der Waals surface area contributed by atoms with Crippen LogP contribution in [0.2, 0.25) is 5.02 Å². The molecule has 4 nitrogen and oxygen atoms in total. The molecule has 0 aliphatic carbocycles. The van der Waals surface area contributed by atoms with Gasteiger partial charge in [0.1, 0.15) is 17.3 Å². The normalized spacial score (nSPS) is 10.9. The van der Waals surface area contributed by atoms with Crippen LogP contribution in [0, 0.1) is 19.7 Å². The highest BCUT2D eigenvalue weighted by Gasteiger charge is 2.16. The Labute approximate surface area is 175 Å². The third-order valence-corrected chi connectivity index (χ3v) is 5.46. The molecule has 1 aromatic heterocycles. The van der Waals surface area contributed by atoms with Crippen LogP contribution >= 0.6 is 11.6 Å². The number of ketones is 1. The molecule has 3 rings (SSSR count). The summed E-state index contributed by atoms with van der Waals surface area (Å²) in [6.45, 7) is 4.48. The fraction of sp³-hybridized carbons (Fsp3) is 0.304. The van der Waals surface area contributed by atoms with Gasteiger partial charge in [-0.05, 0) is 44.0 Å². The predicted octanol–water partition coefficient (Wildman–Crippen LogP) is 5.09. The lowest BCUT2D eigenvalue weighted by Crippen LogP contribution is -2.08. The van der Waals surface area contributed by atoms with E-state index in [1.807, 2.05) is 42.8 Å². The molecule has 0 spiro atoms. The number of aromatic nitrogens is 2. The van der Waals surface area contributed by atoms with E-state index < -0.39 is 0 Å². The van der Waals surface area contributed by atoms with Crippen molar-refractivity contribution in [1.29, 1.82) is 0 Å². The van der Waals surface area contributed by atoms with E-state index in [9.17, 15) is 9.18 Å². The molecule has 0 N–H and O–H groups in total. The van der Waals surface area contributed by atoms with Crippen molar-refractivity contribution in [1.82, 2.24) is 9.78 Å². The topological polar surface area (TPSA) is 44.1 Å². The SMILES string of the molecule is COc1ccccc1Cn1nc(C)c(CC(=O)CCc2ccc(F)cc2Cl)c1C. The van der Waals surface area contributed by atoms with Gasteiger partial charge in [-0.25, -0.2) is 4.39 Å². The van der Waals surface area contributed by atoms with Crippen molar-refractivity contribution in [3.8, 4) is 5.75 Å². The Morgan fingerprint density at radius 2 is 1.93 bits per heavy atom. The Bertz CT molecular complexity index is 1030. The molecule has 0 fully saturated rings. The van der Waals surface area contributed by atoms with Crippen molar-refractivity contribution < 1.29 is 13.9 Å². The molecule has 152 valence electrons. The molecule has 1 heterocycles. The number of methoxy groups -OCH3 is 1. The Hall–Kier alpha value is -2.66. The summed E-state index contributed by atoms with van der Waals surface area (Å²) in [4.78, 5) is 12.6. The second kappa shape index (κ2) is 9.23. The van der Waals surface area contributed by atoms with Crippen LogP contribution in [0.4, 0.5) is 4.39 Å². The summed E-state index contributed by atoms with van der Waals surface area (Å²) in [7, 11) is 1.65. The van der Waals surface area contributed by atoms with E-state index >= 15 is 0 Å². The zero-order valence-corrected chi connectivity index (χ0v) is 17.6. The van der Waals surface area contributed by atoms with Gasteiger partial charge in [-0.1, -0.05) is 35.9 Å². The van der Waals surface area contributed by atoms with Crippen molar-refractivity contribution in [2.75, 3.05) is 7.11 Å². The fourth-order valence-corrected chi connectivity index (χ4v) is 3.68. The lowest BCUT2D eigenvalue weighted by Gasteiger charge is -2.10. The second-order valence-corrected chi connectivity index (χ2v) is 7.48. The maximum absolute atomic E-state index is 13.2. The Kier molecular flexibility index (Phi) is 6.70. The summed E-state index contributed by atoms with van der Waals surface area (Å²) < 4.78 is 20.5. The molecule has 6 heteroatoms. The van der Waals surface area contributed by atoms with Crippen LogP contribution in [0.25, 0.3) is 0 Å². The van der Waals surface area contributed by atoms with E-state index in [0.29, 0.717) is 30.8 Å². The monoisotopic (exact) mass is 414 g/mol. The maximum Gasteiger partial charge on any atom is 0.137 e. The largest absolute Gasteiger partial charge is 0.496 e. The number of rotatable bonds is 8. The van der Waals surface area contributed by atoms with Crippen LogP contribution in [0.15, 0.2) is 42.5 Å². The summed E-state index contributed by atoms with van der Waals surface area (Å²) in [5.41, 5.74) is 4.59. The molecule has 0 radical (unpaired) electrons. The molecular weight excluding hydrogens is 391 g/mol. The molecule has 3 aromatic rings. The van der Waals surface area contributed by atoms with E-state index in [1.54, 1.807) is 13.2 Å². The zero-order chi connectivity index (χ0) is 21.0. The summed E-state index contributed by atoms with van der Waals surface area (Å²) in [6, 6.07) is 12.1. The van der Waals surface area contributed by atoms with Gasteiger partial charge in [-0.2, -0.15) is 5.10 Å². The average molecular weight is 415 g/mol. The van der Waals surface area contributed by atoms with Gasteiger partial charge in [-0.15, -0.1) is 0 Å². The first-order chi connectivity index (χ1) is 13.9. The number of carbonyl (C=O) groups excluding carboxylic acids is 1. The summed E-state index contributed by atoms with van der Waals surface area (Å²) in [5.74, 6) is 0.543. The number of benzene rings is 2. The molecule has 29 heavy (non-hydrogen) atoms. The Balaban J connectivity index is 1.69. The quantitative estimate of drug-likeness (QED) is 0.515. The van der Waals surface area contributed by atoms with Crippen LogP contribution in [0.3, 0.4) is 0 Å². The highest BCUT2D eigenvalue weighted by molar-refractivity contribution is 6.31. The molecule has 0 unspecified atom stereocenters. The van der Waals surface area contributed by atoms with Gasteiger partial charge in [0.05, 0.1) is 19.3 Å². The number of Topliss-reactive ketones (excluding diaryl/α,β-unsaturated/α-hetero) is 1. The zero-order valence-electron chi connectivity index (χ0n) is 16.8. The summed E-state index contributed by atoms with van der Waals surface area (Å²) >= 11 is 6.05. The predicted molar refractivity (Wildman–Crippen MR) is 112 cm³/mol. The van der Waals surface area contributed by atoms with Gasteiger partial charge in [-0.3, -0.25) is 9.48 Å². The third-order valence-electron chi connectivity index (χ3n) is 5.11. The van der Waals surface area contributed by atoms with Crippen molar-refractivity contribution in [2.24, 2.45) is 0 Å². The van der Waals surface area contributed by atoms with Crippen LogP contribution in [0.1, 0.15) is 34.5 Å². The van der Waals surface area contributed by atoms with E-state index in [2.05, 4.69) is 5.10 Å². The third kappa shape index (κ3) is 5.04. The lowest BCUT2D eigenvalue weighted by atomic mass is 10.0. The molecule has 0 aliphatic rings. The van der Waals surface area contributed by atoms with E-state index in [4.69, 9.17) is 16.3 Å². The first kappa shape index (κ1) is 21.1. The maximum atomic E-state index is 13.2. The fourth-order valence-electron chi connectivity index (χ4n) is 3.42. The van der Waals surface area contributed by atoms with Gasteiger partial charge < -0.3 is 4.74 Å². The lowest BCUT2D eigenvalue weighted by molar-refractivity contribution is -0.118. The number of nitrogens with zero attached hydrogens (tertiary/aromatic N) is 2. The number of hydrogen-bond donors (Lipinski definition) is 0. The smallest absolute Gasteiger partial charge is 0.137 e. The number of carbonyl (C=O) groups is 1. The van der Waals surface area contributed by atoms with E-state index in [0.717, 1.165) is 33.8 Å². The minimum atomic E-state index is -0.376. The first-order valence-corrected chi connectivity index (χ1v) is 9.87. The van der Waals surface area contributed by atoms with Gasteiger partial charge in [0.15, 0.2) is 0 Å². The molecule has 0 saturated heterocycles. The molecule has 0 atom stereocenters. The van der Waals surface area contributed by atoms with Crippen molar-refractivity contribution >= 4 is 17.4 Å². The molecule has 0 bridgehead atoms. The highest BCUT2D eigenvalue weighted by Crippen LogP contribution is 2.22. The average Bonchev–Trinajstić information content (AvgIpc) is 2.95. The van der Waals surface area contributed by atoms with E-state index in [-0.39, 0.29) is 11.6 Å². The van der Waals surface area contributed by atoms with Gasteiger partial charge in [0.25, 0.3) is 0 Å². The first-order valence-electron chi connectivity index (χ1n) is 9.49. The van der Waals surface area contributed by atoms with Gasteiger partial charge in [0, 0.05) is 34.7 Å². The standard InChI is InChI=1S/C23H24ClFN2O2/c1-15-21(13-20(28)11-9-17-8-10-19(25)12-22(17)24)16(2)27(26-15)14-18-6-4-5-7-23(18)29-3/h4-8,10,12H,9,11,13-14H2,1-3H3. The van der Waals surface area contributed by atoms with Crippen molar-refractivity contribution in [3.63, 3.8) is 0 Å². The van der Waals surface area contributed by atoms with Gasteiger partial charge >= 0.3 is 0 Å². The van der Waals surface area contributed by atoms with Crippen LogP contribution in [0.5, 0.6) is 5.75 Å². The van der Waals surface area contributed by atoms with Gasteiger partial charge in [0.2, 0.25) is 0 Å². The summed E-state index contributed by atoms with van der Waals surface area (Å²) in [6.07, 6.45) is 1.16. The second-order valence-electron chi connectivity index (χ2n) is 7.07. The number of halogens is 2. The molecule has 0 saturated carbocycles. The number of para-hydroxylation sites is 1. The minimum absolute atomic E-state index is 0.105. The highest BCUT2D eigenvalue weighted by atomic mass is 35.5. The van der Waals surface area contributed by atoms with Crippen LogP contribution in [-0.2, 0) is 24.2 Å². The van der Waals surface area contributed by atoms with E-state index in [1.165, 1.54) is 12.1 Å². The number of aryl methyl sites for hydroxylation is 2. The van der Waals surface area contributed by atoms with Crippen LogP contribution < -0.4 is 4.74 Å². The Morgan fingerprint density at radius 3 is 2.66 bits per heavy atom. The number of ether oxygens (including phenoxy) is 1. The molecular formula is C23H24ClFN2O2.